The fourth-order valence-electron chi connectivity index (χ4n) is 4.17. The molecule has 1 N–H and O–H groups in total. The Morgan fingerprint density at radius 1 is 1.00 bits per heavy atom. The monoisotopic (exact) mass is 478 g/mol. The van der Waals surface area contributed by atoms with Crippen molar-refractivity contribution in [1.82, 2.24) is 19.6 Å². The van der Waals surface area contributed by atoms with E-state index in [1.807, 2.05) is 45.0 Å². The number of hydrogen-bond donors (Lipinski definition) is 1. The minimum absolute atomic E-state index is 0.145. The molecular weight excluding hydrogens is 448 g/mol. The van der Waals surface area contributed by atoms with Gasteiger partial charge in [0, 0.05) is 36.6 Å². The highest BCUT2D eigenvalue weighted by Crippen LogP contribution is 2.32. The molecule has 1 atom stereocenters. The molecule has 0 unspecified atom stereocenters. The highest BCUT2D eigenvalue weighted by Gasteiger charge is 2.29. The fraction of sp³-hybridized carbons (Fsp3) is 0.346. The molecule has 0 spiro atoms. The number of aromatic nitrogens is 2. The summed E-state index contributed by atoms with van der Waals surface area (Å²) < 4.78 is 28.3. The van der Waals surface area contributed by atoms with Crippen LogP contribution in [0.15, 0.2) is 53.7 Å². The topological polar surface area (TPSA) is 92.3 Å². The predicted octanol–water partition coefficient (Wildman–Crippen LogP) is 4.34. The second-order valence-electron chi connectivity index (χ2n) is 8.88. The zero-order valence-corrected chi connectivity index (χ0v) is 20.8. The van der Waals surface area contributed by atoms with E-state index in [2.05, 4.69) is 15.3 Å². The smallest absolute Gasteiger partial charge is 0.252 e. The van der Waals surface area contributed by atoms with E-state index < -0.39 is 10.0 Å². The summed E-state index contributed by atoms with van der Waals surface area (Å²) in [5.41, 5.74) is 4.56. The number of nitrogens with zero attached hydrogens (tertiary/aromatic N) is 3. The fourth-order valence-corrected chi connectivity index (χ4v) is 5.74. The van der Waals surface area contributed by atoms with E-state index in [0.717, 1.165) is 40.7 Å². The van der Waals surface area contributed by atoms with Crippen LogP contribution in [0.1, 0.15) is 58.7 Å². The van der Waals surface area contributed by atoms with Gasteiger partial charge in [0.25, 0.3) is 5.91 Å². The molecule has 0 radical (unpaired) electrons. The molecule has 178 valence electrons. The Labute approximate surface area is 201 Å². The van der Waals surface area contributed by atoms with E-state index in [9.17, 15) is 13.2 Å². The molecule has 1 fully saturated rings. The maximum absolute atomic E-state index is 13.4. The molecule has 1 aromatic heterocycles. The molecule has 0 saturated carbocycles. The molecule has 0 aliphatic carbocycles. The SMILES string of the molecule is Cc1ccc(-c2cc(S(=O)(=O)N3CCCC3)cc(C(=O)N[C@H](C)c3cnc(C)nc3)c2C)cc1. The molecule has 3 aromatic rings. The van der Waals surface area contributed by atoms with Gasteiger partial charge in [-0.25, -0.2) is 18.4 Å². The van der Waals surface area contributed by atoms with Crippen LogP contribution >= 0.6 is 0 Å². The number of rotatable bonds is 6. The van der Waals surface area contributed by atoms with Crippen molar-refractivity contribution in [3.63, 3.8) is 0 Å². The summed E-state index contributed by atoms with van der Waals surface area (Å²) in [6.45, 7) is 8.52. The number of benzene rings is 2. The van der Waals surface area contributed by atoms with E-state index in [-0.39, 0.29) is 16.8 Å². The van der Waals surface area contributed by atoms with Gasteiger partial charge in [-0.3, -0.25) is 4.79 Å². The normalized spacial score (nSPS) is 15.3. The number of hydrogen-bond acceptors (Lipinski definition) is 5. The van der Waals surface area contributed by atoms with Crippen molar-refractivity contribution < 1.29 is 13.2 Å². The Kier molecular flexibility index (Phi) is 6.81. The number of amides is 1. The zero-order valence-electron chi connectivity index (χ0n) is 20.0. The standard InChI is InChI=1S/C26H30N4O3S/c1-17-7-9-21(10-8-17)24-13-23(34(32,33)30-11-5-6-12-30)14-25(18(24)2)26(31)29-19(3)22-15-27-20(4)28-16-22/h7-10,13-16,19H,5-6,11-12H2,1-4H3,(H,29,31)/t19-/m1/s1. The van der Waals surface area contributed by atoms with E-state index in [1.54, 1.807) is 25.4 Å². The largest absolute Gasteiger partial charge is 0.345 e. The summed E-state index contributed by atoms with van der Waals surface area (Å²) in [4.78, 5) is 21.9. The van der Waals surface area contributed by atoms with Crippen molar-refractivity contribution in [3.05, 3.63) is 76.9 Å². The van der Waals surface area contributed by atoms with Crippen LogP contribution in [0.3, 0.4) is 0 Å². The molecule has 0 bridgehead atoms. The van der Waals surface area contributed by atoms with Crippen LogP contribution < -0.4 is 5.32 Å². The third kappa shape index (κ3) is 4.88. The van der Waals surface area contributed by atoms with Gasteiger partial charge in [0.05, 0.1) is 10.9 Å². The second-order valence-corrected chi connectivity index (χ2v) is 10.8. The molecule has 1 aliphatic heterocycles. The maximum Gasteiger partial charge on any atom is 0.252 e. The molecule has 8 heteroatoms. The lowest BCUT2D eigenvalue weighted by molar-refractivity contribution is 0.0939. The quantitative estimate of drug-likeness (QED) is 0.569. The summed E-state index contributed by atoms with van der Waals surface area (Å²) in [6, 6.07) is 10.7. The first-order valence-corrected chi connectivity index (χ1v) is 12.9. The highest BCUT2D eigenvalue weighted by molar-refractivity contribution is 7.89. The van der Waals surface area contributed by atoms with Crippen molar-refractivity contribution in [1.29, 1.82) is 0 Å². The molecule has 2 heterocycles. The lowest BCUT2D eigenvalue weighted by Crippen LogP contribution is -2.30. The Bertz CT molecular complexity index is 1300. The summed E-state index contributed by atoms with van der Waals surface area (Å²) in [7, 11) is -3.70. The minimum Gasteiger partial charge on any atom is -0.345 e. The van der Waals surface area contributed by atoms with Crippen molar-refractivity contribution in [2.45, 2.75) is 51.5 Å². The lowest BCUT2D eigenvalue weighted by Gasteiger charge is -2.20. The summed E-state index contributed by atoms with van der Waals surface area (Å²) in [5, 5.41) is 2.98. The van der Waals surface area contributed by atoms with Gasteiger partial charge in [0.1, 0.15) is 5.82 Å². The van der Waals surface area contributed by atoms with Crippen molar-refractivity contribution in [3.8, 4) is 11.1 Å². The van der Waals surface area contributed by atoms with Gasteiger partial charge < -0.3 is 5.32 Å². The lowest BCUT2D eigenvalue weighted by atomic mass is 9.95. The molecule has 2 aromatic carbocycles. The van der Waals surface area contributed by atoms with Crippen LogP contribution in [-0.2, 0) is 10.0 Å². The first-order valence-electron chi connectivity index (χ1n) is 11.5. The third-order valence-corrected chi connectivity index (χ3v) is 8.22. The highest BCUT2D eigenvalue weighted by atomic mass is 32.2. The number of nitrogens with one attached hydrogen (secondary N) is 1. The van der Waals surface area contributed by atoms with Gasteiger partial charge in [0.2, 0.25) is 10.0 Å². The predicted molar refractivity (Wildman–Crippen MR) is 132 cm³/mol. The molecule has 1 saturated heterocycles. The Morgan fingerprint density at radius 2 is 1.62 bits per heavy atom. The molecule has 1 aliphatic rings. The average Bonchev–Trinajstić information content (AvgIpc) is 3.36. The van der Waals surface area contributed by atoms with E-state index in [0.29, 0.717) is 24.5 Å². The number of carbonyl (C=O) groups is 1. The van der Waals surface area contributed by atoms with Crippen LogP contribution in [0.25, 0.3) is 11.1 Å². The summed E-state index contributed by atoms with van der Waals surface area (Å²) in [5.74, 6) is 0.318. The van der Waals surface area contributed by atoms with Gasteiger partial charge in [0.15, 0.2) is 0 Å². The van der Waals surface area contributed by atoms with Crippen LogP contribution in [0, 0.1) is 20.8 Å². The summed E-state index contributed by atoms with van der Waals surface area (Å²) >= 11 is 0. The van der Waals surface area contributed by atoms with Crippen LogP contribution in [0.5, 0.6) is 0 Å². The zero-order chi connectivity index (χ0) is 24.5. The van der Waals surface area contributed by atoms with Crippen molar-refractivity contribution in [2.24, 2.45) is 0 Å². The van der Waals surface area contributed by atoms with E-state index in [1.165, 1.54) is 10.4 Å². The van der Waals surface area contributed by atoms with E-state index in [4.69, 9.17) is 0 Å². The molecule has 1 amide bonds. The average molecular weight is 479 g/mol. The van der Waals surface area contributed by atoms with E-state index >= 15 is 0 Å². The van der Waals surface area contributed by atoms with Gasteiger partial charge in [-0.15, -0.1) is 0 Å². The third-order valence-electron chi connectivity index (χ3n) is 6.34. The molecule has 34 heavy (non-hydrogen) atoms. The Hall–Kier alpha value is -3.10. The maximum atomic E-state index is 13.4. The molecule has 4 rings (SSSR count). The van der Waals surface area contributed by atoms with Gasteiger partial charge in [-0.05, 0) is 69.4 Å². The first kappa shape index (κ1) is 24.0. The number of aryl methyl sites for hydroxylation is 2. The van der Waals surface area contributed by atoms with Crippen molar-refractivity contribution in [2.75, 3.05) is 13.1 Å². The minimum atomic E-state index is -3.70. The molecular formula is C26H30N4O3S. The first-order chi connectivity index (χ1) is 16.2. The molecule has 7 nitrogen and oxygen atoms in total. The Balaban J connectivity index is 1.77. The van der Waals surface area contributed by atoms with Crippen LogP contribution in [0.4, 0.5) is 0 Å². The summed E-state index contributed by atoms with van der Waals surface area (Å²) in [6.07, 6.45) is 5.07. The number of carbonyl (C=O) groups excluding carboxylic acids is 1. The van der Waals surface area contributed by atoms with Gasteiger partial charge in [-0.2, -0.15) is 4.31 Å². The van der Waals surface area contributed by atoms with Crippen LogP contribution in [-0.4, -0.2) is 41.7 Å². The van der Waals surface area contributed by atoms with Gasteiger partial charge in [-0.1, -0.05) is 29.8 Å². The number of sulfonamides is 1. The van der Waals surface area contributed by atoms with Crippen molar-refractivity contribution >= 4 is 15.9 Å². The van der Waals surface area contributed by atoms with Crippen LogP contribution in [0.2, 0.25) is 0 Å². The second kappa shape index (κ2) is 9.64. The Morgan fingerprint density at radius 3 is 2.24 bits per heavy atom. The van der Waals surface area contributed by atoms with Gasteiger partial charge >= 0.3 is 0 Å².